The Bertz CT molecular complexity index is 1300. The van der Waals surface area contributed by atoms with E-state index in [1.807, 2.05) is 66.5 Å². The average Bonchev–Trinajstić information content (AvgIpc) is 3.23. The Morgan fingerprint density at radius 2 is 1.82 bits per heavy atom. The van der Waals surface area contributed by atoms with Crippen LogP contribution >= 0.6 is 0 Å². The number of hydrogen-bond acceptors (Lipinski definition) is 7. The third kappa shape index (κ3) is 4.69. The Labute approximate surface area is 198 Å². The van der Waals surface area contributed by atoms with Gasteiger partial charge in [-0.25, -0.2) is 4.98 Å². The molecule has 1 aromatic carbocycles. The van der Waals surface area contributed by atoms with Gasteiger partial charge < -0.3 is 16.0 Å². The second kappa shape index (κ2) is 9.48. The molecule has 1 aliphatic rings. The number of nitrogens with one attached hydrogen (secondary N) is 1. The normalized spacial score (nSPS) is 14.4. The highest BCUT2D eigenvalue weighted by atomic mass is 16.1. The van der Waals surface area contributed by atoms with Crippen LogP contribution in [0.25, 0.3) is 10.8 Å². The minimum absolute atomic E-state index is 0.182. The maximum atomic E-state index is 12.8. The first-order valence-electron chi connectivity index (χ1n) is 11.4. The van der Waals surface area contributed by atoms with Crippen molar-refractivity contribution >= 4 is 28.2 Å². The maximum Gasteiger partial charge on any atom is 0.272 e. The molecule has 0 atom stereocenters. The summed E-state index contributed by atoms with van der Waals surface area (Å²) >= 11 is 0. The molecule has 9 heteroatoms. The van der Waals surface area contributed by atoms with Crippen molar-refractivity contribution in [1.29, 1.82) is 0 Å². The van der Waals surface area contributed by atoms with Gasteiger partial charge in [-0.3, -0.25) is 19.4 Å². The van der Waals surface area contributed by atoms with Crippen molar-refractivity contribution in [1.82, 2.24) is 30.0 Å². The van der Waals surface area contributed by atoms with Crippen molar-refractivity contribution in [2.24, 2.45) is 0 Å². The zero-order valence-electron chi connectivity index (χ0n) is 19.2. The number of carbonyl (C=O) groups is 1. The first-order valence-corrected chi connectivity index (χ1v) is 11.4. The Hall–Kier alpha value is -3.98. The van der Waals surface area contributed by atoms with E-state index in [0.29, 0.717) is 24.7 Å². The number of aryl methyl sites for hydroxylation is 1. The van der Waals surface area contributed by atoms with Crippen molar-refractivity contribution in [2.75, 3.05) is 36.8 Å². The van der Waals surface area contributed by atoms with Crippen LogP contribution < -0.4 is 16.0 Å². The van der Waals surface area contributed by atoms with Gasteiger partial charge in [0.25, 0.3) is 5.91 Å². The summed E-state index contributed by atoms with van der Waals surface area (Å²) in [6.45, 7) is 6.84. The number of nitrogen functional groups attached to an aromatic ring is 1. The van der Waals surface area contributed by atoms with Gasteiger partial charge in [0, 0.05) is 68.1 Å². The summed E-state index contributed by atoms with van der Waals surface area (Å²) in [6.07, 6.45) is 5.35. The fourth-order valence-corrected chi connectivity index (χ4v) is 4.29. The van der Waals surface area contributed by atoms with E-state index in [1.54, 1.807) is 6.20 Å². The Kier molecular flexibility index (Phi) is 6.09. The monoisotopic (exact) mass is 456 g/mol. The lowest BCUT2D eigenvalue weighted by molar-refractivity contribution is 0.0943. The molecule has 4 heterocycles. The highest BCUT2D eigenvalue weighted by Gasteiger charge is 2.19. The van der Waals surface area contributed by atoms with Gasteiger partial charge in [-0.1, -0.05) is 12.1 Å². The van der Waals surface area contributed by atoms with Crippen LogP contribution in [-0.4, -0.2) is 56.7 Å². The summed E-state index contributed by atoms with van der Waals surface area (Å²) in [4.78, 5) is 25.7. The highest BCUT2D eigenvalue weighted by Crippen LogP contribution is 2.20. The van der Waals surface area contributed by atoms with E-state index in [1.165, 1.54) is 5.69 Å². The smallest absolute Gasteiger partial charge is 0.272 e. The second-order valence-corrected chi connectivity index (χ2v) is 8.56. The van der Waals surface area contributed by atoms with Gasteiger partial charge in [0.05, 0.1) is 6.67 Å². The number of rotatable bonds is 6. The predicted octanol–water partition coefficient (Wildman–Crippen LogP) is 2.43. The van der Waals surface area contributed by atoms with Crippen molar-refractivity contribution in [3.63, 3.8) is 0 Å². The van der Waals surface area contributed by atoms with Gasteiger partial charge in [0.1, 0.15) is 11.5 Å². The topological polar surface area (TPSA) is 105 Å². The summed E-state index contributed by atoms with van der Waals surface area (Å²) in [6, 6.07) is 13.8. The first-order chi connectivity index (χ1) is 16.6. The summed E-state index contributed by atoms with van der Waals surface area (Å²) in [5.41, 5.74) is 9.52. The molecule has 0 aliphatic carbocycles. The molecule has 9 nitrogen and oxygen atoms in total. The van der Waals surface area contributed by atoms with Crippen molar-refractivity contribution in [3.05, 3.63) is 78.0 Å². The van der Waals surface area contributed by atoms with E-state index in [2.05, 4.69) is 30.2 Å². The van der Waals surface area contributed by atoms with Gasteiger partial charge in [-0.05, 0) is 48.2 Å². The maximum absolute atomic E-state index is 12.8. The van der Waals surface area contributed by atoms with Crippen LogP contribution in [-0.2, 0) is 13.2 Å². The summed E-state index contributed by atoms with van der Waals surface area (Å²) in [5, 5.41) is 9.46. The number of amides is 1. The molecule has 1 fully saturated rings. The van der Waals surface area contributed by atoms with Gasteiger partial charge in [-0.2, -0.15) is 5.10 Å². The standard InChI is InChI=1S/C25H28N8O/c1-18-14-23(25(34)29-16-19-2-3-22-20(15-19)4-9-28-24(22)26)30-33(18)17-31-10-12-32(13-11-31)21-5-7-27-8-6-21/h2-9,14-15H,10-13,16-17H2,1H3,(H2,26,28)(H,29,34). The lowest BCUT2D eigenvalue weighted by atomic mass is 10.1. The lowest BCUT2D eigenvalue weighted by Gasteiger charge is -2.36. The molecule has 0 saturated carbocycles. The molecule has 0 unspecified atom stereocenters. The fraction of sp³-hybridized carbons (Fsp3) is 0.280. The van der Waals surface area contributed by atoms with Gasteiger partial charge in [-0.15, -0.1) is 0 Å². The Morgan fingerprint density at radius 3 is 2.62 bits per heavy atom. The van der Waals surface area contributed by atoms with Gasteiger partial charge >= 0.3 is 0 Å². The Morgan fingerprint density at radius 1 is 1.03 bits per heavy atom. The van der Waals surface area contributed by atoms with Crippen LogP contribution in [0.4, 0.5) is 11.5 Å². The Balaban J connectivity index is 1.17. The van der Waals surface area contributed by atoms with Crippen molar-refractivity contribution in [2.45, 2.75) is 20.1 Å². The van der Waals surface area contributed by atoms with Crippen LogP contribution in [0.15, 0.2) is 61.1 Å². The van der Waals surface area contributed by atoms with E-state index in [-0.39, 0.29) is 5.91 Å². The number of pyridine rings is 2. The summed E-state index contributed by atoms with van der Waals surface area (Å²) in [7, 11) is 0. The quantitative estimate of drug-likeness (QED) is 0.459. The number of carbonyl (C=O) groups excluding carboxylic acids is 1. The second-order valence-electron chi connectivity index (χ2n) is 8.56. The van der Waals surface area contributed by atoms with Crippen molar-refractivity contribution in [3.8, 4) is 0 Å². The van der Waals surface area contributed by atoms with E-state index in [0.717, 1.165) is 48.2 Å². The molecule has 3 N–H and O–H groups in total. The van der Waals surface area contributed by atoms with Crippen LogP contribution in [0.3, 0.4) is 0 Å². The fourth-order valence-electron chi connectivity index (χ4n) is 4.29. The number of anilines is 2. The number of piperazine rings is 1. The zero-order chi connectivity index (χ0) is 23.5. The molecule has 174 valence electrons. The third-order valence-corrected chi connectivity index (χ3v) is 6.26. The molecular weight excluding hydrogens is 428 g/mol. The van der Waals surface area contributed by atoms with E-state index in [9.17, 15) is 4.79 Å². The van der Waals surface area contributed by atoms with Crippen LogP contribution in [0, 0.1) is 6.92 Å². The molecular formula is C25H28N8O. The molecule has 1 amide bonds. The van der Waals surface area contributed by atoms with Gasteiger partial charge in [0.15, 0.2) is 0 Å². The molecule has 1 saturated heterocycles. The predicted molar refractivity (Wildman–Crippen MR) is 132 cm³/mol. The van der Waals surface area contributed by atoms with Crippen LogP contribution in [0.1, 0.15) is 21.7 Å². The van der Waals surface area contributed by atoms with E-state index < -0.39 is 0 Å². The zero-order valence-corrected chi connectivity index (χ0v) is 19.2. The third-order valence-electron chi connectivity index (χ3n) is 6.26. The summed E-state index contributed by atoms with van der Waals surface area (Å²) in [5.74, 6) is 0.326. The number of nitrogens with zero attached hydrogens (tertiary/aromatic N) is 6. The van der Waals surface area contributed by atoms with E-state index in [4.69, 9.17) is 5.73 Å². The van der Waals surface area contributed by atoms with E-state index >= 15 is 0 Å². The number of benzene rings is 1. The average molecular weight is 457 g/mol. The minimum atomic E-state index is -0.182. The lowest BCUT2D eigenvalue weighted by Crippen LogP contribution is -2.47. The number of aromatic nitrogens is 4. The molecule has 4 aromatic rings. The SMILES string of the molecule is Cc1cc(C(=O)NCc2ccc3c(N)nccc3c2)nn1CN1CCN(c2ccncc2)CC1. The largest absolute Gasteiger partial charge is 0.383 e. The van der Waals surface area contributed by atoms with Crippen LogP contribution in [0.2, 0.25) is 0 Å². The molecule has 1 aliphatic heterocycles. The van der Waals surface area contributed by atoms with Gasteiger partial charge in [0.2, 0.25) is 0 Å². The molecule has 5 rings (SSSR count). The van der Waals surface area contributed by atoms with Crippen molar-refractivity contribution < 1.29 is 4.79 Å². The highest BCUT2D eigenvalue weighted by molar-refractivity contribution is 5.93. The number of fused-ring (bicyclic) bond motifs is 1. The molecule has 0 spiro atoms. The summed E-state index contributed by atoms with van der Waals surface area (Å²) < 4.78 is 1.91. The van der Waals surface area contributed by atoms with Crippen LogP contribution in [0.5, 0.6) is 0 Å². The number of hydrogen-bond donors (Lipinski definition) is 2. The minimum Gasteiger partial charge on any atom is -0.383 e. The first kappa shape index (κ1) is 21.8. The molecule has 0 bridgehead atoms. The molecule has 3 aromatic heterocycles. The molecule has 0 radical (unpaired) electrons. The number of nitrogens with two attached hydrogens (primary N) is 1. The molecule has 34 heavy (non-hydrogen) atoms.